The zero-order valence-electron chi connectivity index (χ0n) is 18.3. The number of ether oxygens (including phenoxy) is 2. The first-order valence-corrected chi connectivity index (χ1v) is 10.4. The molecule has 0 aliphatic heterocycles. The Hall–Kier alpha value is -2.50. The van der Waals surface area contributed by atoms with Crippen molar-refractivity contribution in [3.05, 3.63) is 29.7 Å². The quantitative estimate of drug-likeness (QED) is 0.519. The van der Waals surface area contributed by atoms with Gasteiger partial charge in [-0.05, 0) is 38.8 Å². The summed E-state index contributed by atoms with van der Waals surface area (Å²) in [6.07, 6.45) is 5.95. The number of aryl methyl sites for hydroxylation is 1. The molecule has 0 saturated carbocycles. The standard InChI is InChI=1S/C20H30N4O2.C2H6/c1-5-8-10-25-17-12-15-14(4)22-20(24-19(21)7-3)23-16(15)13-18(17)26-11-9-6-2;1-2/h7,12-13H,5-6,8-11,21H2,1-4H3,(H,22,23,24);1-2H3. The van der Waals surface area contributed by atoms with E-state index >= 15 is 0 Å². The zero-order valence-corrected chi connectivity index (χ0v) is 18.3. The summed E-state index contributed by atoms with van der Waals surface area (Å²) in [6.45, 7) is 13.4. The number of nitrogens with two attached hydrogens (primary N) is 1. The number of hydrogen-bond acceptors (Lipinski definition) is 6. The highest BCUT2D eigenvalue weighted by Gasteiger charge is 2.13. The highest BCUT2D eigenvalue weighted by Crippen LogP contribution is 2.33. The second kappa shape index (κ2) is 12.8. The van der Waals surface area contributed by atoms with E-state index in [0.29, 0.717) is 25.0 Å². The lowest BCUT2D eigenvalue weighted by molar-refractivity contribution is 0.262. The number of unbranched alkanes of at least 4 members (excludes halogenated alkanes) is 2. The number of anilines is 1. The third kappa shape index (κ3) is 6.91. The van der Waals surface area contributed by atoms with E-state index in [-0.39, 0.29) is 0 Å². The van der Waals surface area contributed by atoms with Crippen LogP contribution in [-0.4, -0.2) is 23.2 Å². The van der Waals surface area contributed by atoms with E-state index in [1.165, 1.54) is 0 Å². The van der Waals surface area contributed by atoms with Crippen molar-refractivity contribution in [3.63, 3.8) is 0 Å². The molecule has 0 amide bonds. The third-order valence-corrected chi connectivity index (χ3v) is 4.03. The van der Waals surface area contributed by atoms with Crippen LogP contribution >= 0.6 is 0 Å². The molecular formula is C22H36N4O2. The van der Waals surface area contributed by atoms with Crippen LogP contribution in [0.3, 0.4) is 0 Å². The van der Waals surface area contributed by atoms with Crippen molar-refractivity contribution < 1.29 is 9.47 Å². The fourth-order valence-corrected chi connectivity index (χ4v) is 2.43. The van der Waals surface area contributed by atoms with E-state index in [1.807, 2.05) is 39.8 Å². The molecule has 1 aromatic heterocycles. The van der Waals surface area contributed by atoms with Gasteiger partial charge in [0.05, 0.1) is 30.2 Å². The Labute approximate surface area is 169 Å². The molecular weight excluding hydrogens is 352 g/mol. The molecule has 0 radical (unpaired) electrons. The molecule has 6 nitrogen and oxygen atoms in total. The molecule has 0 aliphatic carbocycles. The number of rotatable bonds is 10. The Bertz CT molecular complexity index is 760. The normalized spacial score (nSPS) is 11.0. The minimum absolute atomic E-state index is 0.477. The molecule has 156 valence electrons. The largest absolute Gasteiger partial charge is 0.490 e. The molecule has 2 aromatic rings. The van der Waals surface area contributed by atoms with Gasteiger partial charge in [0.2, 0.25) is 5.95 Å². The Morgan fingerprint density at radius 1 is 1.04 bits per heavy atom. The van der Waals surface area contributed by atoms with E-state index in [4.69, 9.17) is 15.2 Å². The first-order chi connectivity index (χ1) is 13.6. The maximum Gasteiger partial charge on any atom is 0.229 e. The average Bonchev–Trinajstić information content (AvgIpc) is 2.70. The van der Waals surface area contributed by atoms with Gasteiger partial charge in [0.25, 0.3) is 0 Å². The van der Waals surface area contributed by atoms with Crippen LogP contribution in [0.15, 0.2) is 24.0 Å². The Morgan fingerprint density at radius 3 is 2.14 bits per heavy atom. The lowest BCUT2D eigenvalue weighted by Crippen LogP contribution is -2.11. The molecule has 0 saturated heterocycles. The number of hydrogen-bond donors (Lipinski definition) is 2. The topological polar surface area (TPSA) is 82.3 Å². The Kier molecular flexibility index (Phi) is 10.8. The molecule has 28 heavy (non-hydrogen) atoms. The van der Waals surface area contributed by atoms with Crippen LogP contribution in [-0.2, 0) is 0 Å². The van der Waals surface area contributed by atoms with Crippen molar-refractivity contribution in [3.8, 4) is 11.5 Å². The van der Waals surface area contributed by atoms with Crippen molar-refractivity contribution >= 4 is 16.9 Å². The molecule has 0 spiro atoms. The fourth-order valence-electron chi connectivity index (χ4n) is 2.43. The summed E-state index contributed by atoms with van der Waals surface area (Å²) < 4.78 is 11.9. The summed E-state index contributed by atoms with van der Waals surface area (Å²) in [4.78, 5) is 9.06. The van der Waals surface area contributed by atoms with Crippen LogP contribution in [0.5, 0.6) is 11.5 Å². The fraction of sp³-hybridized carbons (Fsp3) is 0.545. The third-order valence-electron chi connectivity index (χ3n) is 4.03. The Balaban J connectivity index is 0.00000190. The summed E-state index contributed by atoms with van der Waals surface area (Å²) in [7, 11) is 0. The SMILES string of the molecule is CC.CC=C(N)Nc1nc(C)c2cc(OCCCC)c(OCCCC)cc2n1. The first-order valence-electron chi connectivity index (χ1n) is 10.4. The van der Waals surface area contributed by atoms with E-state index in [2.05, 4.69) is 29.1 Å². The molecule has 0 unspecified atom stereocenters. The zero-order chi connectivity index (χ0) is 20.9. The van der Waals surface area contributed by atoms with Gasteiger partial charge in [-0.1, -0.05) is 40.5 Å². The molecule has 6 heteroatoms. The number of allylic oxidation sites excluding steroid dienone is 1. The second-order valence-corrected chi connectivity index (χ2v) is 6.22. The number of nitrogens with zero attached hydrogens (tertiary/aromatic N) is 2. The molecule has 0 atom stereocenters. The van der Waals surface area contributed by atoms with Gasteiger partial charge in [-0.3, -0.25) is 0 Å². The molecule has 1 aromatic carbocycles. The Morgan fingerprint density at radius 2 is 1.61 bits per heavy atom. The number of fused-ring (bicyclic) bond motifs is 1. The first kappa shape index (κ1) is 23.5. The van der Waals surface area contributed by atoms with Crippen LogP contribution in [0.4, 0.5) is 5.95 Å². The summed E-state index contributed by atoms with van der Waals surface area (Å²) in [6, 6.07) is 3.91. The average molecular weight is 389 g/mol. The van der Waals surface area contributed by atoms with Gasteiger partial charge in [-0.2, -0.15) is 0 Å². The van der Waals surface area contributed by atoms with Crippen molar-refractivity contribution in [1.82, 2.24) is 9.97 Å². The molecule has 0 bridgehead atoms. The van der Waals surface area contributed by atoms with Gasteiger partial charge in [0, 0.05) is 11.5 Å². The summed E-state index contributed by atoms with van der Waals surface area (Å²) in [5, 5.41) is 3.95. The highest BCUT2D eigenvalue weighted by atomic mass is 16.5. The number of nitrogens with one attached hydrogen (secondary N) is 1. The minimum Gasteiger partial charge on any atom is -0.490 e. The number of benzene rings is 1. The van der Waals surface area contributed by atoms with Gasteiger partial charge in [0.1, 0.15) is 0 Å². The van der Waals surface area contributed by atoms with Crippen LogP contribution in [0.1, 0.15) is 66.0 Å². The van der Waals surface area contributed by atoms with E-state index in [9.17, 15) is 0 Å². The lowest BCUT2D eigenvalue weighted by atomic mass is 10.1. The van der Waals surface area contributed by atoms with Gasteiger partial charge in [0.15, 0.2) is 11.5 Å². The van der Waals surface area contributed by atoms with Crippen molar-refractivity contribution in [2.75, 3.05) is 18.5 Å². The van der Waals surface area contributed by atoms with E-state index < -0.39 is 0 Å². The van der Waals surface area contributed by atoms with Crippen molar-refractivity contribution in [1.29, 1.82) is 0 Å². The predicted octanol–water partition coefficient (Wildman–Crippen LogP) is 5.55. The van der Waals surface area contributed by atoms with Crippen LogP contribution in [0, 0.1) is 6.92 Å². The minimum atomic E-state index is 0.477. The van der Waals surface area contributed by atoms with Gasteiger partial charge >= 0.3 is 0 Å². The molecule has 0 fully saturated rings. The van der Waals surface area contributed by atoms with Crippen LogP contribution in [0.25, 0.3) is 10.9 Å². The smallest absolute Gasteiger partial charge is 0.229 e. The molecule has 2 rings (SSSR count). The van der Waals surface area contributed by atoms with Gasteiger partial charge in [-0.25, -0.2) is 9.97 Å². The maximum atomic E-state index is 5.96. The van der Waals surface area contributed by atoms with Crippen LogP contribution < -0.4 is 20.5 Å². The van der Waals surface area contributed by atoms with Crippen molar-refractivity contribution in [2.24, 2.45) is 5.73 Å². The van der Waals surface area contributed by atoms with Crippen molar-refractivity contribution in [2.45, 2.75) is 67.2 Å². The lowest BCUT2D eigenvalue weighted by Gasteiger charge is -2.15. The molecule has 3 N–H and O–H groups in total. The summed E-state index contributed by atoms with van der Waals surface area (Å²) in [5.74, 6) is 2.47. The summed E-state index contributed by atoms with van der Waals surface area (Å²) >= 11 is 0. The maximum absolute atomic E-state index is 5.96. The highest BCUT2D eigenvalue weighted by molar-refractivity contribution is 5.85. The van der Waals surface area contributed by atoms with E-state index in [0.717, 1.165) is 53.8 Å². The monoisotopic (exact) mass is 388 g/mol. The second-order valence-electron chi connectivity index (χ2n) is 6.22. The summed E-state index contributed by atoms with van der Waals surface area (Å²) in [5.41, 5.74) is 7.49. The van der Waals surface area contributed by atoms with Gasteiger partial charge in [-0.15, -0.1) is 0 Å². The molecule has 0 aliphatic rings. The van der Waals surface area contributed by atoms with Crippen LogP contribution in [0.2, 0.25) is 0 Å². The van der Waals surface area contributed by atoms with E-state index in [1.54, 1.807) is 6.08 Å². The van der Waals surface area contributed by atoms with Gasteiger partial charge < -0.3 is 20.5 Å². The number of aromatic nitrogens is 2. The predicted molar refractivity (Wildman–Crippen MR) is 118 cm³/mol. The molecule has 1 heterocycles.